The first kappa shape index (κ1) is 12.9. The van der Waals surface area contributed by atoms with Crippen molar-refractivity contribution in [2.45, 2.75) is 34.1 Å². The van der Waals surface area contributed by atoms with Gasteiger partial charge in [0.15, 0.2) is 0 Å². The van der Waals surface area contributed by atoms with Gasteiger partial charge < -0.3 is 5.73 Å². The van der Waals surface area contributed by atoms with Crippen molar-refractivity contribution in [1.29, 1.82) is 0 Å². The summed E-state index contributed by atoms with van der Waals surface area (Å²) < 4.78 is 0. The molecule has 3 nitrogen and oxygen atoms in total. The summed E-state index contributed by atoms with van der Waals surface area (Å²) in [4.78, 5) is 9.54. The second-order valence-corrected chi connectivity index (χ2v) is 5.14. The lowest BCUT2D eigenvalue weighted by Gasteiger charge is -2.33. The summed E-state index contributed by atoms with van der Waals surface area (Å²) >= 11 is 0. The van der Waals surface area contributed by atoms with Gasteiger partial charge in [-0.2, -0.15) is 0 Å². The minimum Gasteiger partial charge on any atom is -0.330 e. The predicted octanol–water partition coefficient (Wildman–Crippen LogP) is 1.97. The Hall–Kier alpha value is -0.120. The van der Waals surface area contributed by atoms with Crippen LogP contribution in [0.5, 0.6) is 0 Å². The van der Waals surface area contributed by atoms with Crippen molar-refractivity contribution in [2.24, 2.45) is 16.6 Å². The molecule has 0 rings (SSSR count). The third-order valence-electron chi connectivity index (χ3n) is 2.08. The van der Waals surface area contributed by atoms with Gasteiger partial charge in [0.1, 0.15) is 0 Å². The van der Waals surface area contributed by atoms with Gasteiger partial charge in [-0.05, 0) is 23.8 Å². The maximum absolute atomic E-state index is 5.67. The second kappa shape index (κ2) is 4.94. The monoisotopic (exact) mass is 189 g/mol. The van der Waals surface area contributed by atoms with Crippen molar-refractivity contribution in [3.63, 3.8) is 0 Å². The molecule has 80 valence electrons. The summed E-state index contributed by atoms with van der Waals surface area (Å²) in [7, 11) is 1.53. The highest BCUT2D eigenvalue weighted by atomic mass is 17.2. The molecule has 0 aliphatic rings. The Balaban J connectivity index is 4.00. The average molecular weight is 189 g/mol. The summed E-state index contributed by atoms with van der Waals surface area (Å²) in [6.45, 7) is 9.95. The van der Waals surface area contributed by atoms with Gasteiger partial charge in [-0.1, -0.05) is 27.7 Å². The van der Waals surface area contributed by atoms with E-state index < -0.39 is 0 Å². The first-order valence-electron chi connectivity index (χ1n) is 4.69. The molecule has 0 aliphatic carbocycles. The Morgan fingerprint density at radius 2 is 1.62 bits per heavy atom. The zero-order valence-corrected chi connectivity index (χ0v) is 9.52. The molecule has 0 saturated carbocycles. The lowest BCUT2D eigenvalue weighted by atomic mass is 9.75. The summed E-state index contributed by atoms with van der Waals surface area (Å²) in [6.07, 6.45) is 1.03. The van der Waals surface area contributed by atoms with Crippen molar-refractivity contribution >= 4 is 0 Å². The fraction of sp³-hybridized carbons (Fsp3) is 1.00. The third-order valence-corrected chi connectivity index (χ3v) is 2.08. The van der Waals surface area contributed by atoms with Crippen LogP contribution in [-0.2, 0) is 9.78 Å². The number of hydrogen-bond acceptors (Lipinski definition) is 3. The van der Waals surface area contributed by atoms with Gasteiger partial charge >= 0.3 is 0 Å². The Morgan fingerprint density at radius 3 is 2.00 bits per heavy atom. The maximum atomic E-state index is 5.67. The van der Waals surface area contributed by atoms with Gasteiger partial charge in [-0.15, -0.1) is 0 Å². The van der Waals surface area contributed by atoms with E-state index in [0.29, 0.717) is 13.2 Å². The molecule has 0 unspecified atom stereocenters. The molecule has 0 amide bonds. The molecule has 0 saturated heterocycles. The zero-order chi connectivity index (χ0) is 10.5. The highest BCUT2D eigenvalue weighted by Gasteiger charge is 2.28. The predicted molar refractivity (Wildman–Crippen MR) is 54.2 cm³/mol. The molecule has 0 bridgehead atoms. The van der Waals surface area contributed by atoms with Gasteiger partial charge in [0.25, 0.3) is 0 Å². The first-order chi connectivity index (χ1) is 5.83. The molecule has 0 spiro atoms. The largest absolute Gasteiger partial charge is 0.330 e. The Bertz CT molecular complexity index is 144. The third kappa shape index (κ3) is 6.02. The highest BCUT2D eigenvalue weighted by molar-refractivity contribution is 4.79. The van der Waals surface area contributed by atoms with Crippen LogP contribution in [0.4, 0.5) is 0 Å². The van der Waals surface area contributed by atoms with E-state index in [9.17, 15) is 0 Å². The van der Waals surface area contributed by atoms with E-state index in [1.165, 1.54) is 7.11 Å². The Morgan fingerprint density at radius 1 is 1.08 bits per heavy atom. The molecule has 0 heterocycles. The minimum absolute atomic E-state index is 0.110. The summed E-state index contributed by atoms with van der Waals surface area (Å²) in [5, 5.41) is 0. The molecule has 3 heteroatoms. The van der Waals surface area contributed by atoms with Crippen LogP contribution in [0.15, 0.2) is 0 Å². The normalized spacial score (nSPS) is 13.4. The van der Waals surface area contributed by atoms with Crippen LogP contribution in [0.2, 0.25) is 0 Å². The summed E-state index contributed by atoms with van der Waals surface area (Å²) in [5.41, 5.74) is 5.95. The van der Waals surface area contributed by atoms with E-state index in [-0.39, 0.29) is 10.8 Å². The molecular weight excluding hydrogens is 166 g/mol. The van der Waals surface area contributed by atoms with Crippen LogP contribution in [0.3, 0.4) is 0 Å². The minimum atomic E-state index is 0.110. The van der Waals surface area contributed by atoms with Gasteiger partial charge in [0.2, 0.25) is 0 Å². The molecule has 0 radical (unpaired) electrons. The fourth-order valence-electron chi connectivity index (χ4n) is 1.64. The van der Waals surface area contributed by atoms with E-state index in [2.05, 4.69) is 32.6 Å². The number of nitrogens with two attached hydrogens (primary N) is 1. The average Bonchev–Trinajstić information content (AvgIpc) is 1.99. The molecule has 0 fully saturated rings. The van der Waals surface area contributed by atoms with Crippen molar-refractivity contribution < 1.29 is 9.78 Å². The van der Waals surface area contributed by atoms with Gasteiger partial charge in [-0.3, -0.25) is 0 Å². The maximum Gasteiger partial charge on any atom is 0.0873 e. The first-order valence-corrected chi connectivity index (χ1v) is 4.69. The molecule has 0 atom stereocenters. The van der Waals surface area contributed by atoms with Crippen LogP contribution < -0.4 is 5.73 Å². The summed E-state index contributed by atoms with van der Waals surface area (Å²) in [5.74, 6) is 0. The van der Waals surface area contributed by atoms with E-state index in [1.54, 1.807) is 0 Å². The molecular formula is C10H23NO2. The van der Waals surface area contributed by atoms with Crippen LogP contribution in [0, 0.1) is 10.8 Å². The lowest BCUT2D eigenvalue weighted by Crippen LogP contribution is -2.32. The van der Waals surface area contributed by atoms with E-state index in [0.717, 1.165) is 6.42 Å². The quantitative estimate of drug-likeness (QED) is 0.513. The molecule has 0 aromatic carbocycles. The number of hydrogen-bond donors (Lipinski definition) is 1. The lowest BCUT2D eigenvalue weighted by molar-refractivity contribution is -0.288. The van der Waals surface area contributed by atoms with Crippen molar-refractivity contribution in [3.05, 3.63) is 0 Å². The molecule has 13 heavy (non-hydrogen) atoms. The van der Waals surface area contributed by atoms with E-state index in [1.807, 2.05) is 0 Å². The molecule has 0 aromatic rings. The van der Waals surface area contributed by atoms with Crippen molar-refractivity contribution in [1.82, 2.24) is 0 Å². The smallest absolute Gasteiger partial charge is 0.0873 e. The molecule has 0 aliphatic heterocycles. The fourth-order valence-corrected chi connectivity index (χ4v) is 1.64. The van der Waals surface area contributed by atoms with Crippen LogP contribution in [-0.4, -0.2) is 20.3 Å². The van der Waals surface area contributed by atoms with E-state index in [4.69, 9.17) is 10.6 Å². The van der Waals surface area contributed by atoms with Crippen LogP contribution >= 0.6 is 0 Å². The topological polar surface area (TPSA) is 44.5 Å². The second-order valence-electron chi connectivity index (χ2n) is 5.14. The van der Waals surface area contributed by atoms with Gasteiger partial charge in [-0.25, -0.2) is 9.78 Å². The molecule has 2 N–H and O–H groups in total. The number of rotatable bonds is 6. The highest BCUT2D eigenvalue weighted by Crippen LogP contribution is 2.32. The van der Waals surface area contributed by atoms with Crippen molar-refractivity contribution in [3.8, 4) is 0 Å². The Labute approximate surface area is 81.5 Å². The zero-order valence-electron chi connectivity index (χ0n) is 9.52. The van der Waals surface area contributed by atoms with Gasteiger partial charge in [0, 0.05) is 0 Å². The standard InChI is InChI=1S/C10H23NO2/c1-9(2,7-11)6-10(3,4)8-13-12-5/h6-8,11H2,1-5H3. The molecule has 0 aromatic heterocycles. The van der Waals surface area contributed by atoms with E-state index >= 15 is 0 Å². The van der Waals surface area contributed by atoms with Crippen molar-refractivity contribution in [2.75, 3.05) is 20.3 Å². The SMILES string of the molecule is COOCC(C)(C)CC(C)(C)CN. The Kier molecular flexibility index (Phi) is 4.89. The summed E-state index contributed by atoms with van der Waals surface area (Å²) in [6, 6.07) is 0. The van der Waals surface area contributed by atoms with Gasteiger partial charge in [0.05, 0.1) is 13.7 Å². The van der Waals surface area contributed by atoms with Crippen LogP contribution in [0.1, 0.15) is 34.1 Å². The van der Waals surface area contributed by atoms with Crippen LogP contribution in [0.25, 0.3) is 0 Å².